The Morgan fingerprint density at radius 3 is 2.40 bits per heavy atom. The van der Waals surface area contributed by atoms with Gasteiger partial charge in [-0.1, -0.05) is 13.3 Å². The highest BCUT2D eigenvalue weighted by Gasteiger charge is 2.49. The Bertz CT molecular complexity index is 360. The van der Waals surface area contributed by atoms with Crippen molar-refractivity contribution in [2.24, 2.45) is 0 Å². The number of aliphatic carboxylic acids is 1. The van der Waals surface area contributed by atoms with Gasteiger partial charge < -0.3 is 19.8 Å². The van der Waals surface area contributed by atoms with Crippen molar-refractivity contribution in [1.82, 2.24) is 14.7 Å². The second-order valence-electron chi connectivity index (χ2n) is 5.85. The smallest absolute Gasteiger partial charge is 0.329 e. The van der Waals surface area contributed by atoms with Gasteiger partial charge in [0.05, 0.1) is 0 Å². The van der Waals surface area contributed by atoms with Crippen LogP contribution in [0.5, 0.6) is 0 Å². The fraction of sp³-hybridized carbons (Fsp3) is 0.857. The molecule has 0 radical (unpaired) electrons. The summed E-state index contributed by atoms with van der Waals surface area (Å²) >= 11 is 0. The predicted molar refractivity (Wildman–Crippen MR) is 77.8 cm³/mol. The van der Waals surface area contributed by atoms with E-state index in [4.69, 9.17) is 0 Å². The Hall–Kier alpha value is -1.30. The molecule has 1 atom stereocenters. The predicted octanol–water partition coefficient (Wildman–Crippen LogP) is 1.32. The van der Waals surface area contributed by atoms with E-state index in [1.54, 1.807) is 16.8 Å². The van der Waals surface area contributed by atoms with Crippen molar-refractivity contribution in [2.75, 3.05) is 40.8 Å². The number of likely N-dealkylation sites (tertiary alicyclic amines) is 1. The second-order valence-corrected chi connectivity index (χ2v) is 5.85. The van der Waals surface area contributed by atoms with Gasteiger partial charge in [-0.25, -0.2) is 9.59 Å². The summed E-state index contributed by atoms with van der Waals surface area (Å²) in [5.41, 5.74) is -1.00. The van der Waals surface area contributed by atoms with Gasteiger partial charge in [0.1, 0.15) is 5.54 Å². The molecule has 1 unspecified atom stereocenters. The van der Waals surface area contributed by atoms with Crippen LogP contribution in [0.3, 0.4) is 0 Å². The first-order chi connectivity index (χ1) is 9.35. The Kier molecular flexibility index (Phi) is 5.80. The van der Waals surface area contributed by atoms with Crippen LogP contribution in [0, 0.1) is 0 Å². The highest BCUT2D eigenvalue weighted by Crippen LogP contribution is 2.34. The molecule has 0 bridgehead atoms. The molecule has 1 fully saturated rings. The maximum Gasteiger partial charge on any atom is 0.329 e. The summed E-state index contributed by atoms with van der Waals surface area (Å²) in [5, 5.41) is 9.59. The van der Waals surface area contributed by atoms with Gasteiger partial charge in [-0.15, -0.1) is 0 Å². The van der Waals surface area contributed by atoms with E-state index in [2.05, 4.69) is 0 Å². The third kappa shape index (κ3) is 3.42. The Balaban J connectivity index is 2.81. The van der Waals surface area contributed by atoms with E-state index in [0.717, 1.165) is 19.4 Å². The zero-order valence-electron chi connectivity index (χ0n) is 13.1. The standard InChI is InChI=1S/C14H27N3O3/c1-5-7-14(12(18)19)8-6-9-17(14)13(20)16(4)11-10-15(2)3/h5-11H2,1-4H3,(H,18,19). The molecule has 0 spiro atoms. The lowest BCUT2D eigenvalue weighted by atomic mass is 9.91. The number of likely N-dealkylation sites (N-methyl/N-ethyl adjacent to an activating group) is 2. The lowest BCUT2D eigenvalue weighted by molar-refractivity contribution is -0.148. The van der Waals surface area contributed by atoms with E-state index >= 15 is 0 Å². The topological polar surface area (TPSA) is 64.1 Å². The largest absolute Gasteiger partial charge is 0.479 e. The Labute approximate surface area is 121 Å². The fourth-order valence-corrected chi connectivity index (χ4v) is 2.81. The summed E-state index contributed by atoms with van der Waals surface area (Å²) in [6, 6.07) is -0.166. The van der Waals surface area contributed by atoms with Crippen LogP contribution in [0.2, 0.25) is 0 Å². The van der Waals surface area contributed by atoms with Crippen molar-refractivity contribution in [3.8, 4) is 0 Å². The summed E-state index contributed by atoms with van der Waals surface area (Å²) in [4.78, 5) is 29.4. The van der Waals surface area contributed by atoms with Crippen molar-refractivity contribution in [3.05, 3.63) is 0 Å². The zero-order valence-corrected chi connectivity index (χ0v) is 13.1. The molecule has 0 aromatic rings. The van der Waals surface area contributed by atoms with Gasteiger partial charge in [0.2, 0.25) is 0 Å². The first kappa shape index (κ1) is 16.8. The van der Waals surface area contributed by atoms with E-state index in [-0.39, 0.29) is 6.03 Å². The van der Waals surface area contributed by atoms with E-state index in [1.165, 1.54) is 0 Å². The molecule has 1 aliphatic heterocycles. The van der Waals surface area contributed by atoms with E-state index < -0.39 is 11.5 Å². The average Bonchev–Trinajstić information content (AvgIpc) is 2.80. The fourth-order valence-electron chi connectivity index (χ4n) is 2.81. The number of carboxylic acid groups (broad SMARTS) is 1. The van der Waals surface area contributed by atoms with Gasteiger partial charge in [-0.05, 0) is 33.4 Å². The normalized spacial score (nSPS) is 22.4. The molecule has 116 valence electrons. The Morgan fingerprint density at radius 2 is 1.90 bits per heavy atom. The third-order valence-corrected chi connectivity index (χ3v) is 3.99. The first-order valence-electron chi connectivity index (χ1n) is 7.26. The average molecular weight is 285 g/mol. The van der Waals surface area contributed by atoms with Gasteiger partial charge in [0.25, 0.3) is 0 Å². The minimum Gasteiger partial charge on any atom is -0.479 e. The highest BCUT2D eigenvalue weighted by atomic mass is 16.4. The number of carbonyl (C=O) groups excluding carboxylic acids is 1. The molecule has 1 aliphatic rings. The monoisotopic (exact) mass is 285 g/mol. The lowest BCUT2D eigenvalue weighted by Gasteiger charge is -2.37. The van der Waals surface area contributed by atoms with Crippen molar-refractivity contribution in [2.45, 2.75) is 38.1 Å². The van der Waals surface area contributed by atoms with Gasteiger partial charge in [0.15, 0.2) is 0 Å². The highest BCUT2D eigenvalue weighted by molar-refractivity contribution is 5.87. The molecule has 1 saturated heterocycles. The van der Waals surface area contributed by atoms with Crippen LogP contribution in [0.4, 0.5) is 4.79 Å². The third-order valence-electron chi connectivity index (χ3n) is 3.99. The molecule has 2 amide bonds. The number of hydrogen-bond donors (Lipinski definition) is 1. The van der Waals surface area contributed by atoms with E-state index in [0.29, 0.717) is 25.9 Å². The summed E-state index contributed by atoms with van der Waals surface area (Å²) in [6.45, 7) is 3.87. The van der Waals surface area contributed by atoms with Crippen LogP contribution < -0.4 is 0 Å². The molecule has 20 heavy (non-hydrogen) atoms. The van der Waals surface area contributed by atoms with Crippen LogP contribution in [-0.2, 0) is 4.79 Å². The van der Waals surface area contributed by atoms with Gasteiger partial charge in [0, 0.05) is 26.7 Å². The molecule has 6 heteroatoms. The van der Waals surface area contributed by atoms with Crippen molar-refractivity contribution in [1.29, 1.82) is 0 Å². The molecule has 1 N–H and O–H groups in total. The van der Waals surface area contributed by atoms with Gasteiger partial charge in [-0.3, -0.25) is 0 Å². The van der Waals surface area contributed by atoms with Crippen molar-refractivity contribution < 1.29 is 14.7 Å². The molecule has 0 aliphatic carbocycles. The van der Waals surface area contributed by atoms with Crippen LogP contribution in [0.25, 0.3) is 0 Å². The minimum atomic E-state index is -1.00. The molecular weight excluding hydrogens is 258 g/mol. The SMILES string of the molecule is CCCC1(C(=O)O)CCCN1C(=O)N(C)CCN(C)C. The van der Waals surface area contributed by atoms with E-state index in [1.807, 2.05) is 25.9 Å². The van der Waals surface area contributed by atoms with Crippen molar-refractivity contribution >= 4 is 12.0 Å². The maximum absolute atomic E-state index is 12.5. The number of urea groups is 1. The maximum atomic E-state index is 12.5. The molecule has 1 rings (SSSR count). The summed E-state index contributed by atoms with van der Waals surface area (Å²) in [7, 11) is 5.64. The van der Waals surface area contributed by atoms with Crippen LogP contribution >= 0.6 is 0 Å². The lowest BCUT2D eigenvalue weighted by Crippen LogP contribution is -2.56. The van der Waals surface area contributed by atoms with Crippen molar-refractivity contribution in [3.63, 3.8) is 0 Å². The summed E-state index contributed by atoms with van der Waals surface area (Å²) in [5.74, 6) is -0.869. The number of hydrogen-bond acceptors (Lipinski definition) is 3. The van der Waals surface area contributed by atoms with Crippen LogP contribution in [-0.4, -0.2) is 78.1 Å². The molecule has 0 aromatic carbocycles. The molecule has 1 heterocycles. The number of rotatable bonds is 6. The first-order valence-corrected chi connectivity index (χ1v) is 7.26. The molecular formula is C14H27N3O3. The molecule has 0 aromatic heterocycles. The molecule has 6 nitrogen and oxygen atoms in total. The summed E-state index contributed by atoms with van der Waals surface area (Å²) in [6.07, 6.45) is 2.61. The number of carboxylic acids is 1. The number of carbonyl (C=O) groups is 2. The number of amides is 2. The Morgan fingerprint density at radius 1 is 1.25 bits per heavy atom. The second kappa shape index (κ2) is 6.92. The quantitative estimate of drug-likeness (QED) is 0.799. The van der Waals surface area contributed by atoms with Gasteiger partial charge >= 0.3 is 12.0 Å². The number of nitrogens with zero attached hydrogens (tertiary/aromatic N) is 3. The molecule has 0 saturated carbocycles. The minimum absolute atomic E-state index is 0.166. The van der Waals surface area contributed by atoms with E-state index in [9.17, 15) is 14.7 Å². The summed E-state index contributed by atoms with van der Waals surface area (Å²) < 4.78 is 0. The van der Waals surface area contributed by atoms with Crippen LogP contribution in [0.15, 0.2) is 0 Å². The zero-order chi connectivity index (χ0) is 15.3. The van der Waals surface area contributed by atoms with Crippen LogP contribution in [0.1, 0.15) is 32.6 Å². The van der Waals surface area contributed by atoms with Gasteiger partial charge in [-0.2, -0.15) is 0 Å².